The van der Waals surface area contributed by atoms with Gasteiger partial charge in [0.05, 0.1) is 46.3 Å². The van der Waals surface area contributed by atoms with E-state index in [1.54, 1.807) is 63.8 Å². The second-order valence-electron chi connectivity index (χ2n) is 7.60. The zero-order valence-electron chi connectivity index (χ0n) is 21.1. The van der Waals surface area contributed by atoms with Gasteiger partial charge in [0.2, 0.25) is 5.75 Å². The molecule has 0 bridgehead atoms. The van der Waals surface area contributed by atoms with E-state index in [-0.39, 0.29) is 17.3 Å². The summed E-state index contributed by atoms with van der Waals surface area (Å²) in [5.74, 6) is 1.92. The molecule has 0 aliphatic carbocycles. The molecule has 0 heterocycles. The quantitative estimate of drug-likeness (QED) is 0.177. The molecule has 8 nitrogen and oxygen atoms in total. The summed E-state index contributed by atoms with van der Waals surface area (Å²) in [6.07, 6.45) is 6.46. The van der Waals surface area contributed by atoms with Gasteiger partial charge in [-0.15, -0.1) is 0 Å². The fourth-order valence-corrected chi connectivity index (χ4v) is 3.82. The van der Waals surface area contributed by atoms with Gasteiger partial charge in [-0.25, -0.2) is 0 Å². The molecule has 0 aromatic heterocycles. The number of hydrogen-bond acceptors (Lipinski definition) is 8. The molecule has 3 aromatic rings. The summed E-state index contributed by atoms with van der Waals surface area (Å²) in [6, 6.07) is 11.7. The highest BCUT2D eigenvalue weighted by atomic mass is 35.5. The number of anilines is 1. The molecule has 0 atom stereocenters. The number of rotatable bonds is 11. The summed E-state index contributed by atoms with van der Waals surface area (Å²) in [5, 5.41) is 13.8. The van der Waals surface area contributed by atoms with Crippen LogP contribution in [0.5, 0.6) is 34.5 Å². The van der Waals surface area contributed by atoms with Crippen LogP contribution in [0.25, 0.3) is 12.2 Å². The van der Waals surface area contributed by atoms with Crippen molar-refractivity contribution in [1.29, 1.82) is 0 Å². The number of hydrogen-bond donors (Lipinski definition) is 2. The molecule has 9 heteroatoms. The van der Waals surface area contributed by atoms with Crippen molar-refractivity contribution in [2.45, 2.75) is 0 Å². The number of aromatic hydroxyl groups is 1. The highest BCUT2D eigenvalue weighted by Crippen LogP contribution is 2.39. The average molecular weight is 526 g/mol. The Morgan fingerprint density at radius 3 is 1.92 bits per heavy atom. The number of halogens is 1. The first-order valence-electron chi connectivity index (χ1n) is 11.0. The minimum Gasteiger partial charge on any atom is -0.504 e. The molecule has 0 aliphatic rings. The molecule has 37 heavy (non-hydrogen) atoms. The molecule has 0 radical (unpaired) electrons. The maximum atomic E-state index is 12.5. The lowest BCUT2D eigenvalue weighted by molar-refractivity contribution is 0.104. The Morgan fingerprint density at radius 2 is 1.38 bits per heavy atom. The minimum absolute atomic E-state index is 0.0706. The van der Waals surface area contributed by atoms with Crippen molar-refractivity contribution >= 4 is 35.2 Å². The Bertz CT molecular complexity index is 1310. The van der Waals surface area contributed by atoms with E-state index in [4.69, 9.17) is 35.3 Å². The Hall–Kier alpha value is -4.30. The largest absolute Gasteiger partial charge is 0.504 e. The molecule has 0 aliphatic heterocycles. The number of phenolic OH excluding ortho intramolecular Hbond substituents is 1. The topological polar surface area (TPSA) is 95.5 Å². The summed E-state index contributed by atoms with van der Waals surface area (Å²) in [7, 11) is 7.58. The standard InChI is InChI=1S/C28H28ClNO7/c1-33-24-9-8-19(16-20(24)29)22(31)10-11-30-21-12-17(13-23(32)27(21)36-4)6-7-18-14-25(34-2)28(37-5)26(15-18)35-3/h6-16,30,32H,1-5H3/b7-6-,11-10-. The van der Waals surface area contributed by atoms with Crippen LogP contribution in [-0.2, 0) is 0 Å². The summed E-state index contributed by atoms with van der Waals surface area (Å²) >= 11 is 6.11. The molecule has 2 N–H and O–H groups in total. The van der Waals surface area contributed by atoms with Crippen LogP contribution in [0, 0.1) is 0 Å². The number of carbonyl (C=O) groups is 1. The molecule has 0 spiro atoms. The summed E-state index contributed by atoms with van der Waals surface area (Å²) in [5.41, 5.74) is 2.34. The molecule has 0 fully saturated rings. The van der Waals surface area contributed by atoms with Gasteiger partial charge in [-0.05, 0) is 53.6 Å². The molecule has 0 saturated carbocycles. The van der Waals surface area contributed by atoms with E-state index in [2.05, 4.69) is 5.32 Å². The van der Waals surface area contributed by atoms with Gasteiger partial charge in [-0.3, -0.25) is 4.79 Å². The maximum absolute atomic E-state index is 12.5. The smallest absolute Gasteiger partial charge is 0.203 e. The zero-order valence-corrected chi connectivity index (χ0v) is 21.9. The first kappa shape index (κ1) is 27.3. The second kappa shape index (κ2) is 12.6. The lowest BCUT2D eigenvalue weighted by Crippen LogP contribution is -1.98. The van der Waals surface area contributed by atoms with Gasteiger partial charge in [0.1, 0.15) is 5.75 Å². The van der Waals surface area contributed by atoms with E-state index >= 15 is 0 Å². The third-order valence-corrected chi connectivity index (χ3v) is 5.66. The number of allylic oxidation sites excluding steroid dienone is 1. The Morgan fingerprint density at radius 1 is 0.784 bits per heavy atom. The van der Waals surface area contributed by atoms with Gasteiger partial charge < -0.3 is 34.1 Å². The molecule has 0 unspecified atom stereocenters. The first-order valence-corrected chi connectivity index (χ1v) is 11.4. The fraction of sp³-hybridized carbons (Fsp3) is 0.179. The SMILES string of the molecule is COc1ccc(C(=O)/C=C\Nc2cc(/C=C\c3cc(OC)c(OC)c(OC)c3)cc(O)c2OC)cc1Cl. The van der Waals surface area contributed by atoms with Gasteiger partial charge in [0.25, 0.3) is 0 Å². The van der Waals surface area contributed by atoms with Crippen LogP contribution in [0.3, 0.4) is 0 Å². The maximum Gasteiger partial charge on any atom is 0.203 e. The van der Waals surface area contributed by atoms with Gasteiger partial charge in [0.15, 0.2) is 28.8 Å². The highest BCUT2D eigenvalue weighted by molar-refractivity contribution is 6.32. The van der Waals surface area contributed by atoms with Crippen LogP contribution < -0.4 is 29.0 Å². The fourth-order valence-electron chi connectivity index (χ4n) is 3.57. The molecule has 3 aromatic carbocycles. The van der Waals surface area contributed by atoms with Gasteiger partial charge >= 0.3 is 0 Å². The number of ether oxygens (including phenoxy) is 5. The van der Waals surface area contributed by atoms with E-state index in [0.29, 0.717) is 44.8 Å². The van der Waals surface area contributed by atoms with Crippen molar-refractivity contribution in [3.8, 4) is 34.5 Å². The molecule has 194 valence electrons. The van der Waals surface area contributed by atoms with E-state index in [1.807, 2.05) is 6.08 Å². The number of benzene rings is 3. The third-order valence-electron chi connectivity index (χ3n) is 5.36. The van der Waals surface area contributed by atoms with Crippen LogP contribution in [-0.4, -0.2) is 46.4 Å². The Labute approximate surface area is 220 Å². The van der Waals surface area contributed by atoms with Crippen LogP contribution in [0.15, 0.2) is 54.7 Å². The number of phenols is 1. The predicted octanol–water partition coefficient (Wildman–Crippen LogP) is 6.07. The van der Waals surface area contributed by atoms with Crippen molar-refractivity contribution < 1.29 is 33.6 Å². The van der Waals surface area contributed by atoms with Crippen molar-refractivity contribution in [2.24, 2.45) is 0 Å². The Balaban J connectivity index is 1.84. The van der Waals surface area contributed by atoms with Crippen LogP contribution >= 0.6 is 11.6 Å². The van der Waals surface area contributed by atoms with Crippen LogP contribution in [0.1, 0.15) is 21.5 Å². The van der Waals surface area contributed by atoms with Crippen molar-refractivity contribution in [1.82, 2.24) is 0 Å². The van der Waals surface area contributed by atoms with Gasteiger partial charge in [-0.1, -0.05) is 23.8 Å². The van der Waals surface area contributed by atoms with Crippen molar-refractivity contribution in [3.63, 3.8) is 0 Å². The van der Waals surface area contributed by atoms with Crippen LogP contribution in [0.4, 0.5) is 5.69 Å². The number of methoxy groups -OCH3 is 5. The molecule has 0 saturated heterocycles. The van der Waals surface area contributed by atoms with E-state index in [9.17, 15) is 9.90 Å². The van der Waals surface area contributed by atoms with Crippen molar-refractivity contribution in [3.05, 3.63) is 76.5 Å². The lowest BCUT2D eigenvalue weighted by atomic mass is 10.1. The van der Waals surface area contributed by atoms with Gasteiger partial charge in [-0.2, -0.15) is 0 Å². The normalized spacial score (nSPS) is 11.0. The second-order valence-corrected chi connectivity index (χ2v) is 8.01. The van der Waals surface area contributed by atoms with Gasteiger partial charge in [0, 0.05) is 17.8 Å². The third kappa shape index (κ3) is 6.48. The predicted molar refractivity (Wildman–Crippen MR) is 145 cm³/mol. The Kier molecular flexibility index (Phi) is 9.29. The monoisotopic (exact) mass is 525 g/mol. The average Bonchev–Trinajstić information content (AvgIpc) is 2.90. The number of carbonyl (C=O) groups excluding carboxylic acids is 1. The van der Waals surface area contributed by atoms with E-state index < -0.39 is 0 Å². The lowest BCUT2D eigenvalue weighted by Gasteiger charge is -2.13. The molecule has 3 rings (SSSR count). The van der Waals surface area contributed by atoms with Crippen molar-refractivity contribution in [2.75, 3.05) is 40.9 Å². The summed E-state index contributed by atoms with van der Waals surface area (Å²) in [6.45, 7) is 0. The summed E-state index contributed by atoms with van der Waals surface area (Å²) in [4.78, 5) is 12.5. The molecular weight excluding hydrogens is 498 g/mol. The van der Waals surface area contributed by atoms with E-state index in [0.717, 1.165) is 5.56 Å². The highest BCUT2D eigenvalue weighted by Gasteiger charge is 2.13. The number of nitrogens with one attached hydrogen (secondary N) is 1. The number of ketones is 1. The van der Waals surface area contributed by atoms with E-state index in [1.165, 1.54) is 32.6 Å². The molecule has 0 amide bonds. The minimum atomic E-state index is -0.265. The molecular formula is C28H28ClNO7. The van der Waals surface area contributed by atoms with Crippen LogP contribution in [0.2, 0.25) is 5.02 Å². The first-order chi connectivity index (χ1) is 17.8. The zero-order chi connectivity index (χ0) is 26.9. The summed E-state index contributed by atoms with van der Waals surface area (Å²) < 4.78 is 26.6.